The highest BCUT2D eigenvalue weighted by Gasteiger charge is 2.21. The highest BCUT2D eigenvalue weighted by molar-refractivity contribution is 7.98. The number of hydrogen-bond acceptors (Lipinski definition) is 5. The van der Waals surface area contributed by atoms with Gasteiger partial charge in [0.25, 0.3) is 5.91 Å². The van der Waals surface area contributed by atoms with Gasteiger partial charge in [-0.2, -0.15) is 0 Å². The highest BCUT2D eigenvalue weighted by atomic mass is 35.5. The first-order chi connectivity index (χ1) is 12.6. The minimum atomic E-state index is -0.193. The third-order valence-corrected chi connectivity index (χ3v) is 5.39. The molecule has 1 aromatic carbocycles. The van der Waals surface area contributed by atoms with Gasteiger partial charge in [0, 0.05) is 32.4 Å². The Morgan fingerprint density at radius 1 is 1.27 bits per heavy atom. The first-order valence-electron chi connectivity index (χ1n) is 8.75. The number of para-hydroxylation sites is 1. The lowest BCUT2D eigenvalue weighted by Crippen LogP contribution is -2.32. The Hall–Kier alpha value is -1.79. The van der Waals surface area contributed by atoms with Crippen LogP contribution in [0.2, 0.25) is 5.02 Å². The van der Waals surface area contributed by atoms with E-state index in [1.807, 2.05) is 12.3 Å². The summed E-state index contributed by atoms with van der Waals surface area (Å²) in [6, 6.07) is 8.30. The molecule has 3 rings (SSSR count). The van der Waals surface area contributed by atoms with Gasteiger partial charge in [0.15, 0.2) is 10.9 Å². The number of benzene rings is 1. The first kappa shape index (κ1) is 19.0. The zero-order valence-corrected chi connectivity index (χ0v) is 16.7. The van der Waals surface area contributed by atoms with E-state index in [0.717, 1.165) is 18.7 Å². The van der Waals surface area contributed by atoms with Crippen LogP contribution in [0.3, 0.4) is 0 Å². The molecule has 0 bridgehead atoms. The Morgan fingerprint density at radius 2 is 2.00 bits per heavy atom. The maximum absolute atomic E-state index is 12.9. The van der Waals surface area contributed by atoms with Crippen LogP contribution in [-0.2, 0) is 6.54 Å². The van der Waals surface area contributed by atoms with Crippen LogP contribution in [0, 0.1) is 0 Å². The quantitative estimate of drug-likeness (QED) is 0.567. The van der Waals surface area contributed by atoms with Crippen LogP contribution in [0.5, 0.6) is 0 Å². The average molecular weight is 391 g/mol. The molecule has 1 aliphatic rings. The van der Waals surface area contributed by atoms with Crippen LogP contribution in [-0.4, -0.2) is 47.2 Å². The zero-order chi connectivity index (χ0) is 18.5. The molecule has 0 spiro atoms. The second kappa shape index (κ2) is 8.73. The van der Waals surface area contributed by atoms with Gasteiger partial charge < -0.3 is 9.80 Å². The number of rotatable bonds is 5. The molecule has 26 heavy (non-hydrogen) atoms. The third kappa shape index (κ3) is 4.30. The molecule has 138 valence electrons. The summed E-state index contributed by atoms with van der Waals surface area (Å²) in [4.78, 5) is 25.3. The predicted molar refractivity (Wildman–Crippen MR) is 107 cm³/mol. The molecule has 0 N–H and O–H groups in total. The standard InChI is InChI=1S/C19H23ClN4OS/c1-23(18(25)17-15(20)12-21-19(22-17)26-2)13-14-8-4-5-9-16(14)24-10-6-3-7-11-24/h4-5,8-9,12H,3,6-7,10-11,13H2,1-2H3. The number of hydrogen-bond donors (Lipinski definition) is 0. The molecule has 0 radical (unpaired) electrons. The number of anilines is 1. The smallest absolute Gasteiger partial charge is 0.274 e. The Morgan fingerprint density at radius 3 is 2.73 bits per heavy atom. The van der Waals surface area contributed by atoms with E-state index in [-0.39, 0.29) is 16.6 Å². The van der Waals surface area contributed by atoms with Crippen molar-refractivity contribution in [2.45, 2.75) is 31.0 Å². The number of aromatic nitrogens is 2. The first-order valence-corrected chi connectivity index (χ1v) is 10.3. The zero-order valence-electron chi connectivity index (χ0n) is 15.1. The number of carbonyl (C=O) groups is 1. The molecule has 1 saturated heterocycles. The van der Waals surface area contributed by atoms with Gasteiger partial charge in [-0.25, -0.2) is 9.97 Å². The molecular weight excluding hydrogens is 368 g/mol. The lowest BCUT2D eigenvalue weighted by molar-refractivity contribution is 0.0778. The number of carbonyl (C=O) groups excluding carboxylic acids is 1. The normalized spacial score (nSPS) is 14.3. The number of piperidine rings is 1. The molecule has 7 heteroatoms. The molecule has 0 saturated carbocycles. The Balaban J connectivity index is 1.80. The summed E-state index contributed by atoms with van der Waals surface area (Å²) in [5.74, 6) is -0.193. The fourth-order valence-electron chi connectivity index (χ4n) is 3.20. The minimum absolute atomic E-state index is 0.193. The fourth-order valence-corrected chi connectivity index (χ4v) is 3.71. The molecule has 2 aromatic rings. The second-order valence-electron chi connectivity index (χ2n) is 6.39. The summed E-state index contributed by atoms with van der Waals surface area (Å²) in [5.41, 5.74) is 2.61. The number of thioether (sulfide) groups is 1. The number of halogens is 1. The van der Waals surface area contributed by atoms with Gasteiger partial charge in [-0.15, -0.1) is 0 Å². The van der Waals surface area contributed by atoms with Crippen LogP contribution < -0.4 is 4.90 Å². The van der Waals surface area contributed by atoms with Gasteiger partial charge in [-0.1, -0.05) is 41.6 Å². The number of amides is 1. The molecule has 2 heterocycles. The van der Waals surface area contributed by atoms with Crippen molar-refractivity contribution < 1.29 is 4.79 Å². The molecule has 5 nitrogen and oxygen atoms in total. The van der Waals surface area contributed by atoms with Crippen molar-refractivity contribution >= 4 is 35.0 Å². The topological polar surface area (TPSA) is 49.3 Å². The monoisotopic (exact) mass is 390 g/mol. The maximum Gasteiger partial charge on any atom is 0.274 e. The van der Waals surface area contributed by atoms with E-state index in [1.54, 1.807) is 11.9 Å². The summed E-state index contributed by atoms with van der Waals surface area (Å²) < 4.78 is 0. The lowest BCUT2D eigenvalue weighted by Gasteiger charge is -2.31. The molecule has 0 aliphatic carbocycles. The van der Waals surface area contributed by atoms with Gasteiger partial charge in [0.1, 0.15) is 0 Å². The third-order valence-electron chi connectivity index (χ3n) is 4.55. The largest absolute Gasteiger partial charge is 0.371 e. The predicted octanol–water partition coefficient (Wildman–Crippen LogP) is 4.11. The van der Waals surface area contributed by atoms with E-state index in [4.69, 9.17) is 11.6 Å². The van der Waals surface area contributed by atoms with Crippen molar-refractivity contribution in [3.8, 4) is 0 Å². The SMILES string of the molecule is CSc1ncc(Cl)c(C(=O)N(C)Cc2ccccc2N2CCCCC2)n1. The van der Waals surface area contributed by atoms with Crippen molar-refractivity contribution in [3.63, 3.8) is 0 Å². The Labute approximate surface area is 163 Å². The molecule has 1 fully saturated rings. The van der Waals surface area contributed by atoms with Crippen LogP contribution in [0.4, 0.5) is 5.69 Å². The lowest BCUT2D eigenvalue weighted by atomic mass is 10.1. The van der Waals surface area contributed by atoms with E-state index in [0.29, 0.717) is 11.7 Å². The van der Waals surface area contributed by atoms with E-state index in [2.05, 4.69) is 33.1 Å². The molecule has 1 amide bonds. The van der Waals surface area contributed by atoms with Crippen molar-refractivity contribution in [1.82, 2.24) is 14.9 Å². The van der Waals surface area contributed by atoms with Crippen LogP contribution in [0.15, 0.2) is 35.6 Å². The Bertz CT molecular complexity index is 780. The summed E-state index contributed by atoms with van der Waals surface area (Å²) >= 11 is 7.55. The van der Waals surface area contributed by atoms with Gasteiger partial charge >= 0.3 is 0 Å². The van der Waals surface area contributed by atoms with Gasteiger partial charge in [-0.05, 0) is 37.1 Å². The van der Waals surface area contributed by atoms with Crippen molar-refractivity contribution in [2.75, 3.05) is 31.3 Å². The van der Waals surface area contributed by atoms with Gasteiger partial charge in [-0.3, -0.25) is 4.79 Å². The summed E-state index contributed by atoms with van der Waals surface area (Å²) in [6.45, 7) is 2.66. The van der Waals surface area contributed by atoms with Crippen molar-refractivity contribution in [2.24, 2.45) is 0 Å². The van der Waals surface area contributed by atoms with Crippen LogP contribution in [0.25, 0.3) is 0 Å². The molecule has 0 atom stereocenters. The van der Waals surface area contributed by atoms with E-state index < -0.39 is 0 Å². The van der Waals surface area contributed by atoms with Gasteiger partial charge in [0.2, 0.25) is 0 Å². The van der Waals surface area contributed by atoms with E-state index in [1.165, 1.54) is 42.9 Å². The number of nitrogens with zero attached hydrogens (tertiary/aromatic N) is 4. The summed E-state index contributed by atoms with van der Waals surface area (Å²) in [7, 11) is 1.78. The van der Waals surface area contributed by atoms with Crippen LogP contribution in [0.1, 0.15) is 35.3 Å². The maximum atomic E-state index is 12.9. The van der Waals surface area contributed by atoms with Crippen LogP contribution >= 0.6 is 23.4 Å². The summed E-state index contributed by atoms with van der Waals surface area (Å²) in [5, 5.41) is 0.823. The van der Waals surface area contributed by atoms with E-state index in [9.17, 15) is 4.79 Å². The van der Waals surface area contributed by atoms with E-state index >= 15 is 0 Å². The second-order valence-corrected chi connectivity index (χ2v) is 7.57. The van der Waals surface area contributed by atoms with Crippen molar-refractivity contribution in [1.29, 1.82) is 0 Å². The van der Waals surface area contributed by atoms with Crippen molar-refractivity contribution in [3.05, 3.63) is 46.7 Å². The molecule has 1 aromatic heterocycles. The molecular formula is C19H23ClN4OS. The Kier molecular flexibility index (Phi) is 6.38. The van der Waals surface area contributed by atoms with Gasteiger partial charge in [0.05, 0.1) is 11.2 Å². The summed E-state index contributed by atoms with van der Waals surface area (Å²) in [6.07, 6.45) is 7.09. The average Bonchev–Trinajstić information content (AvgIpc) is 2.69. The molecule has 0 unspecified atom stereocenters. The molecule has 1 aliphatic heterocycles. The minimum Gasteiger partial charge on any atom is -0.371 e. The highest BCUT2D eigenvalue weighted by Crippen LogP contribution is 2.26. The fraction of sp³-hybridized carbons (Fsp3) is 0.421.